The van der Waals surface area contributed by atoms with E-state index in [0.717, 1.165) is 30.4 Å². The highest BCUT2D eigenvalue weighted by Gasteiger charge is 2.41. The van der Waals surface area contributed by atoms with Crippen molar-refractivity contribution in [2.45, 2.75) is 61.1 Å². The van der Waals surface area contributed by atoms with Gasteiger partial charge in [-0.25, -0.2) is 13.2 Å². The lowest BCUT2D eigenvalue weighted by atomic mass is 9.84. The van der Waals surface area contributed by atoms with Crippen LogP contribution < -0.4 is 0 Å². The van der Waals surface area contributed by atoms with E-state index >= 15 is 0 Å². The summed E-state index contributed by atoms with van der Waals surface area (Å²) in [5, 5.41) is -0.270. The molecule has 0 bridgehead atoms. The fourth-order valence-electron chi connectivity index (χ4n) is 6.11. The molecule has 0 radical (unpaired) electrons. The van der Waals surface area contributed by atoms with Crippen molar-refractivity contribution in [1.29, 1.82) is 0 Å². The highest BCUT2D eigenvalue weighted by Crippen LogP contribution is 2.43. The smallest absolute Gasteiger partial charge is 0.409 e. The Morgan fingerprint density at radius 1 is 0.917 bits per heavy atom. The molecule has 1 amide bonds. The number of likely N-dealkylation sites (tertiary alicyclic amines) is 2. The molecule has 6 nitrogen and oxygen atoms in total. The standard InChI is InChI=1S/C28H35ClN2O4S/c29-23-10-12-25(13-11-23)36(33,34)27-22(9-8-21-6-2-3-7-26(21)27)20-35-28(32)31-18-14-24(15-19-31)30-16-4-1-5-17-30/h2-3,6-7,10-13,22,24,27H,1,4-5,8-9,14-20H2. The van der Waals surface area contributed by atoms with Gasteiger partial charge in [-0.1, -0.05) is 42.3 Å². The van der Waals surface area contributed by atoms with Gasteiger partial charge in [-0.05, 0) is 87.0 Å². The van der Waals surface area contributed by atoms with Crippen LogP contribution in [0.25, 0.3) is 0 Å². The van der Waals surface area contributed by atoms with Crippen molar-refractivity contribution in [3.8, 4) is 0 Å². The molecule has 0 N–H and O–H groups in total. The Morgan fingerprint density at radius 3 is 2.33 bits per heavy atom. The second-order valence-corrected chi connectivity index (χ2v) is 12.8. The van der Waals surface area contributed by atoms with Crippen molar-refractivity contribution >= 4 is 27.5 Å². The molecule has 3 aliphatic rings. The number of rotatable bonds is 5. The van der Waals surface area contributed by atoms with Crippen LogP contribution in [0.2, 0.25) is 5.02 Å². The van der Waals surface area contributed by atoms with Gasteiger partial charge in [0, 0.05) is 30.1 Å². The summed E-state index contributed by atoms with van der Waals surface area (Å²) in [6, 6.07) is 14.6. The Bertz CT molecular complexity index is 1160. The number of halogens is 1. The molecule has 0 aromatic heterocycles. The number of aryl methyl sites for hydroxylation is 1. The third-order valence-electron chi connectivity index (χ3n) is 8.10. The third-order valence-corrected chi connectivity index (χ3v) is 10.6. The lowest BCUT2D eigenvalue weighted by molar-refractivity contribution is 0.0566. The quantitative estimate of drug-likeness (QED) is 0.510. The Morgan fingerprint density at radius 2 is 1.61 bits per heavy atom. The normalized spacial score (nSPS) is 23.8. The van der Waals surface area contributed by atoms with Crippen molar-refractivity contribution in [2.75, 3.05) is 32.8 Å². The van der Waals surface area contributed by atoms with E-state index in [-0.39, 0.29) is 23.5 Å². The Hall–Kier alpha value is -2.09. The number of benzene rings is 2. The van der Waals surface area contributed by atoms with Crippen LogP contribution >= 0.6 is 11.6 Å². The van der Waals surface area contributed by atoms with Crippen LogP contribution in [0.3, 0.4) is 0 Å². The van der Waals surface area contributed by atoms with Gasteiger partial charge in [0.2, 0.25) is 0 Å². The SMILES string of the molecule is O=C(OCC1CCc2ccccc2C1S(=O)(=O)c1ccc(Cl)cc1)N1CCC(N2CCCCC2)CC1. The summed E-state index contributed by atoms with van der Waals surface area (Å²) in [5.74, 6) is -0.310. The highest BCUT2D eigenvalue weighted by molar-refractivity contribution is 7.91. The molecule has 36 heavy (non-hydrogen) atoms. The van der Waals surface area contributed by atoms with Gasteiger partial charge in [-0.3, -0.25) is 0 Å². The summed E-state index contributed by atoms with van der Waals surface area (Å²) in [6.07, 6.45) is 6.90. The number of hydrogen-bond acceptors (Lipinski definition) is 5. The minimum atomic E-state index is -3.70. The molecule has 2 aliphatic heterocycles. The van der Waals surface area contributed by atoms with Crippen LogP contribution in [0.15, 0.2) is 53.4 Å². The molecule has 2 fully saturated rings. The Labute approximate surface area is 219 Å². The molecule has 2 saturated heterocycles. The molecule has 2 atom stereocenters. The summed E-state index contributed by atoms with van der Waals surface area (Å²) in [5.41, 5.74) is 1.85. The maximum Gasteiger partial charge on any atom is 0.409 e. The van der Waals surface area contributed by atoms with Crippen molar-refractivity contribution < 1.29 is 17.9 Å². The second-order valence-electron chi connectivity index (χ2n) is 10.3. The van der Waals surface area contributed by atoms with E-state index in [1.165, 1.54) is 32.4 Å². The largest absolute Gasteiger partial charge is 0.449 e. The molecule has 0 spiro atoms. The zero-order valence-electron chi connectivity index (χ0n) is 20.6. The van der Waals surface area contributed by atoms with Crippen molar-refractivity contribution in [3.63, 3.8) is 0 Å². The lowest BCUT2D eigenvalue weighted by Gasteiger charge is -2.40. The van der Waals surface area contributed by atoms with Gasteiger partial charge < -0.3 is 14.5 Å². The first kappa shape index (κ1) is 25.6. The van der Waals surface area contributed by atoms with E-state index in [1.807, 2.05) is 24.3 Å². The molecule has 194 valence electrons. The number of sulfone groups is 1. The van der Waals surface area contributed by atoms with E-state index in [4.69, 9.17) is 16.3 Å². The number of fused-ring (bicyclic) bond motifs is 1. The first-order chi connectivity index (χ1) is 17.4. The molecular weight excluding hydrogens is 496 g/mol. The molecule has 8 heteroatoms. The Kier molecular flexibility index (Phi) is 7.89. The number of amides is 1. The maximum atomic E-state index is 13.8. The first-order valence-electron chi connectivity index (χ1n) is 13.2. The number of ether oxygens (including phenoxy) is 1. The molecule has 1 aliphatic carbocycles. The first-order valence-corrected chi connectivity index (χ1v) is 15.1. The van der Waals surface area contributed by atoms with E-state index in [0.29, 0.717) is 30.6 Å². The predicted molar refractivity (Wildman–Crippen MR) is 141 cm³/mol. The zero-order valence-corrected chi connectivity index (χ0v) is 22.2. The van der Waals surface area contributed by atoms with Gasteiger partial charge >= 0.3 is 6.09 Å². The molecule has 2 unspecified atom stereocenters. The summed E-state index contributed by atoms with van der Waals surface area (Å²) < 4.78 is 33.4. The number of carbonyl (C=O) groups excluding carboxylic acids is 1. The predicted octanol–water partition coefficient (Wildman–Crippen LogP) is 5.50. The van der Waals surface area contributed by atoms with Crippen LogP contribution in [0.5, 0.6) is 0 Å². The fourth-order valence-corrected chi connectivity index (χ4v) is 8.33. The fraction of sp³-hybridized carbons (Fsp3) is 0.536. The third kappa shape index (κ3) is 5.43. The van der Waals surface area contributed by atoms with Gasteiger partial charge in [0.1, 0.15) is 0 Å². The lowest BCUT2D eigenvalue weighted by Crippen LogP contribution is -2.48. The van der Waals surface area contributed by atoms with Crippen molar-refractivity contribution in [3.05, 3.63) is 64.7 Å². The van der Waals surface area contributed by atoms with E-state index in [9.17, 15) is 13.2 Å². The summed E-state index contributed by atoms with van der Waals surface area (Å²) >= 11 is 6.01. The van der Waals surface area contributed by atoms with Gasteiger partial charge in [-0.2, -0.15) is 0 Å². The number of carbonyl (C=O) groups is 1. The molecule has 2 aromatic rings. The van der Waals surface area contributed by atoms with Crippen LogP contribution in [0.1, 0.15) is 54.9 Å². The summed E-state index contributed by atoms with van der Waals surface area (Å²) in [6.45, 7) is 3.82. The zero-order chi connectivity index (χ0) is 25.1. The van der Waals surface area contributed by atoms with Crippen LogP contribution in [0, 0.1) is 5.92 Å². The average Bonchev–Trinajstić information content (AvgIpc) is 2.92. The van der Waals surface area contributed by atoms with Gasteiger partial charge in [0.15, 0.2) is 9.84 Å². The van der Waals surface area contributed by atoms with Crippen LogP contribution in [0.4, 0.5) is 4.79 Å². The van der Waals surface area contributed by atoms with Crippen LogP contribution in [-0.2, 0) is 21.0 Å². The second kappa shape index (κ2) is 11.1. The summed E-state index contributed by atoms with van der Waals surface area (Å²) in [7, 11) is -3.70. The van der Waals surface area contributed by atoms with E-state index in [2.05, 4.69) is 4.90 Å². The number of nitrogens with zero attached hydrogens (tertiary/aromatic N) is 2. The van der Waals surface area contributed by atoms with Gasteiger partial charge in [-0.15, -0.1) is 0 Å². The molecule has 5 rings (SSSR count). The molecule has 0 saturated carbocycles. The minimum Gasteiger partial charge on any atom is -0.449 e. The summed E-state index contributed by atoms with van der Waals surface area (Å²) in [4.78, 5) is 17.6. The van der Waals surface area contributed by atoms with Gasteiger partial charge in [0.05, 0.1) is 16.8 Å². The monoisotopic (exact) mass is 530 g/mol. The van der Waals surface area contributed by atoms with E-state index in [1.54, 1.807) is 29.2 Å². The molecular formula is C28H35ClN2O4S. The van der Waals surface area contributed by atoms with Crippen molar-refractivity contribution in [1.82, 2.24) is 9.80 Å². The number of piperidine rings is 2. The topological polar surface area (TPSA) is 66.9 Å². The minimum absolute atomic E-state index is 0.0940. The molecule has 2 heterocycles. The molecule has 2 aromatic carbocycles. The highest BCUT2D eigenvalue weighted by atomic mass is 35.5. The Balaban J connectivity index is 1.26. The van der Waals surface area contributed by atoms with Crippen LogP contribution in [-0.4, -0.2) is 63.1 Å². The van der Waals surface area contributed by atoms with Gasteiger partial charge in [0.25, 0.3) is 0 Å². The average molecular weight is 531 g/mol. The maximum absolute atomic E-state index is 13.8. The van der Waals surface area contributed by atoms with Crippen molar-refractivity contribution in [2.24, 2.45) is 5.92 Å². The number of hydrogen-bond donors (Lipinski definition) is 0. The van der Waals surface area contributed by atoms with E-state index < -0.39 is 15.1 Å².